The van der Waals surface area contributed by atoms with Crippen LogP contribution in [0.5, 0.6) is 0 Å². The maximum atomic E-state index is 12.3. The van der Waals surface area contributed by atoms with Gasteiger partial charge in [0.1, 0.15) is 0 Å². The number of thiazole rings is 1. The number of anilines is 1. The first kappa shape index (κ1) is 19.4. The van der Waals surface area contributed by atoms with Gasteiger partial charge in [-0.15, -0.1) is 16.4 Å². The molecular weight excluding hydrogens is 398 g/mol. The van der Waals surface area contributed by atoms with Gasteiger partial charge < -0.3 is 4.90 Å². The first-order valence-corrected chi connectivity index (χ1v) is 11.5. The van der Waals surface area contributed by atoms with Crippen LogP contribution < -0.4 is 10.5 Å². The van der Waals surface area contributed by atoms with Crippen molar-refractivity contribution in [2.45, 2.75) is 39.7 Å². The molecule has 0 amide bonds. The molecule has 0 aromatic carbocycles. The highest BCUT2D eigenvalue weighted by Gasteiger charge is 2.23. The number of aromatic nitrogens is 5. The minimum atomic E-state index is -0.0729. The monoisotopic (exact) mass is 425 g/mol. The van der Waals surface area contributed by atoms with E-state index in [-0.39, 0.29) is 5.56 Å². The molecule has 1 fully saturated rings. The summed E-state index contributed by atoms with van der Waals surface area (Å²) in [4.78, 5) is 23.5. The summed E-state index contributed by atoms with van der Waals surface area (Å²) in [5.74, 6) is 0.682. The van der Waals surface area contributed by atoms with E-state index in [0.29, 0.717) is 12.4 Å². The Morgan fingerprint density at radius 2 is 1.87 bits per heavy atom. The highest BCUT2D eigenvalue weighted by atomic mass is 32.1. The molecule has 0 atom stereocenters. The Balaban J connectivity index is 1.20. The Morgan fingerprint density at radius 1 is 1.03 bits per heavy atom. The number of piperazine rings is 1. The normalized spacial score (nSPS) is 16.9. The van der Waals surface area contributed by atoms with E-state index in [4.69, 9.17) is 4.98 Å². The third kappa shape index (κ3) is 3.79. The third-order valence-electron chi connectivity index (χ3n) is 5.93. The van der Waals surface area contributed by atoms with Gasteiger partial charge in [-0.25, -0.2) is 14.3 Å². The maximum absolute atomic E-state index is 12.3. The van der Waals surface area contributed by atoms with Gasteiger partial charge in [0.15, 0.2) is 10.9 Å². The van der Waals surface area contributed by atoms with Gasteiger partial charge in [0, 0.05) is 49.4 Å². The fourth-order valence-corrected chi connectivity index (χ4v) is 5.48. The van der Waals surface area contributed by atoms with Crippen molar-refractivity contribution in [1.82, 2.24) is 29.4 Å². The van der Waals surface area contributed by atoms with Crippen LogP contribution in [-0.4, -0.2) is 62.2 Å². The highest BCUT2D eigenvalue weighted by molar-refractivity contribution is 7.15. The van der Waals surface area contributed by atoms with Gasteiger partial charge in [0.2, 0.25) is 0 Å². The van der Waals surface area contributed by atoms with Gasteiger partial charge >= 0.3 is 0 Å². The van der Waals surface area contributed by atoms with Crippen LogP contribution in [0.2, 0.25) is 0 Å². The van der Waals surface area contributed by atoms with Crippen LogP contribution in [0, 0.1) is 13.8 Å². The van der Waals surface area contributed by atoms with E-state index in [2.05, 4.69) is 20.0 Å². The summed E-state index contributed by atoms with van der Waals surface area (Å²) in [6.45, 7) is 9.28. The smallest absolute Gasteiger partial charge is 0.266 e. The van der Waals surface area contributed by atoms with Crippen molar-refractivity contribution in [1.29, 1.82) is 0 Å². The molecule has 9 heteroatoms. The lowest BCUT2D eigenvalue weighted by molar-refractivity contribution is 0.242. The average Bonchev–Trinajstić information content (AvgIpc) is 3.42. The van der Waals surface area contributed by atoms with E-state index < -0.39 is 0 Å². The molecule has 30 heavy (non-hydrogen) atoms. The summed E-state index contributed by atoms with van der Waals surface area (Å²) < 4.78 is 3.35. The molecule has 3 aromatic rings. The van der Waals surface area contributed by atoms with Crippen LogP contribution in [0.3, 0.4) is 0 Å². The van der Waals surface area contributed by atoms with E-state index in [0.717, 1.165) is 50.5 Å². The zero-order valence-electron chi connectivity index (χ0n) is 17.5. The second-order valence-electron chi connectivity index (χ2n) is 8.14. The summed E-state index contributed by atoms with van der Waals surface area (Å²) >= 11 is 1.88. The zero-order chi connectivity index (χ0) is 20.7. The van der Waals surface area contributed by atoms with Crippen LogP contribution in [0.15, 0.2) is 23.0 Å². The lowest BCUT2D eigenvalue weighted by atomic mass is 10.3. The summed E-state index contributed by atoms with van der Waals surface area (Å²) in [7, 11) is 0. The Hall–Kier alpha value is -2.52. The molecule has 4 heterocycles. The minimum Gasteiger partial charge on any atom is -0.346 e. The van der Waals surface area contributed by atoms with E-state index in [9.17, 15) is 4.79 Å². The van der Waals surface area contributed by atoms with E-state index in [1.165, 1.54) is 28.5 Å². The largest absolute Gasteiger partial charge is 0.346 e. The Bertz CT molecular complexity index is 1090. The molecule has 1 aliphatic carbocycles. The van der Waals surface area contributed by atoms with Crippen molar-refractivity contribution in [3.63, 3.8) is 0 Å². The predicted octanol–water partition coefficient (Wildman–Crippen LogP) is 1.81. The van der Waals surface area contributed by atoms with Crippen molar-refractivity contribution in [3.05, 3.63) is 50.5 Å². The molecule has 2 aliphatic rings. The number of fused-ring (bicyclic) bond motifs is 1. The van der Waals surface area contributed by atoms with Crippen LogP contribution >= 0.6 is 11.3 Å². The number of rotatable bonds is 5. The molecule has 0 bridgehead atoms. The van der Waals surface area contributed by atoms with Crippen LogP contribution in [0.4, 0.5) is 5.13 Å². The van der Waals surface area contributed by atoms with Crippen LogP contribution in [0.25, 0.3) is 5.82 Å². The molecule has 3 aromatic heterocycles. The second-order valence-corrected chi connectivity index (χ2v) is 9.20. The topological polar surface area (TPSA) is 72.1 Å². The van der Waals surface area contributed by atoms with Gasteiger partial charge in [0.25, 0.3) is 5.56 Å². The van der Waals surface area contributed by atoms with Crippen LogP contribution in [0.1, 0.15) is 28.4 Å². The van der Waals surface area contributed by atoms with Gasteiger partial charge in [-0.2, -0.15) is 5.10 Å². The molecule has 1 aliphatic heterocycles. The van der Waals surface area contributed by atoms with Gasteiger partial charge in [0.05, 0.1) is 17.9 Å². The zero-order valence-corrected chi connectivity index (χ0v) is 18.4. The molecule has 0 saturated carbocycles. The number of hydrogen-bond donors (Lipinski definition) is 0. The Morgan fingerprint density at radius 3 is 2.60 bits per heavy atom. The Labute approximate surface area is 179 Å². The fourth-order valence-electron chi connectivity index (χ4n) is 4.28. The fraction of sp³-hybridized carbons (Fsp3) is 0.524. The van der Waals surface area contributed by atoms with Gasteiger partial charge in [-0.05, 0) is 45.2 Å². The van der Waals surface area contributed by atoms with E-state index >= 15 is 0 Å². The Kier molecular flexibility index (Phi) is 5.16. The van der Waals surface area contributed by atoms with Crippen molar-refractivity contribution < 1.29 is 0 Å². The molecular formula is C21H27N7OS. The van der Waals surface area contributed by atoms with Crippen molar-refractivity contribution in [2.75, 3.05) is 37.6 Å². The molecule has 0 unspecified atom stereocenters. The number of nitrogens with zero attached hydrogens (tertiary/aromatic N) is 7. The van der Waals surface area contributed by atoms with Crippen molar-refractivity contribution >= 4 is 16.5 Å². The second kappa shape index (κ2) is 7.96. The minimum absolute atomic E-state index is 0.0729. The molecule has 1 saturated heterocycles. The van der Waals surface area contributed by atoms with Gasteiger partial charge in [-0.1, -0.05) is 0 Å². The maximum Gasteiger partial charge on any atom is 0.266 e. The van der Waals surface area contributed by atoms with E-state index in [1.54, 1.807) is 21.5 Å². The molecule has 0 radical (unpaired) electrons. The first-order chi connectivity index (χ1) is 14.6. The lowest BCUT2D eigenvalue weighted by Gasteiger charge is -2.34. The molecule has 5 rings (SSSR count). The molecule has 0 spiro atoms. The number of aryl methyl sites for hydroxylation is 4. The standard InChI is InChI=1S/C21H27N7OS/c1-15-14-16(2)28(23-15)19-6-7-20(29)27(24-19)13-10-25-8-11-26(12-9-25)21-22-17-4-3-5-18(17)30-21/h6-7,14H,3-5,8-13H2,1-2H3. The SMILES string of the molecule is Cc1cc(C)n(-c2ccc(=O)n(CCN3CCN(c4nc5c(s4)CCC5)CC3)n2)n1. The quantitative estimate of drug-likeness (QED) is 0.621. The van der Waals surface area contributed by atoms with Crippen LogP contribution in [-0.2, 0) is 19.4 Å². The molecule has 0 N–H and O–H groups in total. The van der Waals surface area contributed by atoms with E-state index in [1.807, 2.05) is 31.3 Å². The van der Waals surface area contributed by atoms with Crippen molar-refractivity contribution in [3.8, 4) is 5.82 Å². The lowest BCUT2D eigenvalue weighted by Crippen LogP contribution is -2.47. The number of hydrogen-bond acceptors (Lipinski definition) is 7. The molecule has 158 valence electrons. The summed E-state index contributed by atoms with van der Waals surface area (Å²) in [5, 5.41) is 10.2. The average molecular weight is 426 g/mol. The van der Waals surface area contributed by atoms with Gasteiger partial charge in [-0.3, -0.25) is 9.69 Å². The molecule has 8 nitrogen and oxygen atoms in total. The predicted molar refractivity (Wildman–Crippen MR) is 118 cm³/mol. The summed E-state index contributed by atoms with van der Waals surface area (Å²) in [6.07, 6.45) is 3.60. The summed E-state index contributed by atoms with van der Waals surface area (Å²) in [5.41, 5.74) is 3.20. The third-order valence-corrected chi connectivity index (χ3v) is 7.15. The first-order valence-electron chi connectivity index (χ1n) is 10.6. The van der Waals surface area contributed by atoms with Crippen molar-refractivity contribution in [2.24, 2.45) is 0 Å². The highest BCUT2D eigenvalue weighted by Crippen LogP contribution is 2.32. The summed E-state index contributed by atoms with van der Waals surface area (Å²) in [6, 6.07) is 5.33.